The van der Waals surface area contributed by atoms with Crippen molar-refractivity contribution in [2.45, 2.75) is 27.7 Å². The molecule has 0 aliphatic rings. The van der Waals surface area contributed by atoms with Gasteiger partial charge in [-0.2, -0.15) is 0 Å². The normalized spacial score (nSPS) is 10.6. The average molecular weight is 306 g/mol. The summed E-state index contributed by atoms with van der Waals surface area (Å²) in [7, 11) is 0. The number of ether oxygens (including phenoxy) is 2. The van der Waals surface area contributed by atoms with E-state index in [9.17, 15) is 14.4 Å². The van der Waals surface area contributed by atoms with Crippen LogP contribution in [0.4, 0.5) is 0 Å². The van der Waals surface area contributed by atoms with Gasteiger partial charge < -0.3 is 9.47 Å². The lowest BCUT2D eigenvalue weighted by atomic mass is 10.0. The van der Waals surface area contributed by atoms with Gasteiger partial charge in [0.05, 0.1) is 18.8 Å². The van der Waals surface area contributed by atoms with E-state index < -0.39 is 17.7 Å². The van der Waals surface area contributed by atoms with Crippen molar-refractivity contribution >= 4 is 17.7 Å². The van der Waals surface area contributed by atoms with Crippen LogP contribution in [-0.4, -0.2) is 30.9 Å². The Morgan fingerprint density at radius 1 is 0.864 bits per heavy atom. The number of esters is 2. The number of benzene rings is 1. The first-order chi connectivity index (χ1) is 10.3. The highest BCUT2D eigenvalue weighted by molar-refractivity contribution is 6.41. The maximum Gasteiger partial charge on any atom is 0.379 e. The third-order valence-electron chi connectivity index (χ3n) is 2.67. The van der Waals surface area contributed by atoms with Crippen molar-refractivity contribution < 1.29 is 23.9 Å². The second kappa shape index (κ2) is 8.32. The number of carbonyl (C=O) groups excluding carboxylic acids is 3. The molecule has 0 saturated heterocycles. The molecule has 0 bridgehead atoms. The SMILES string of the molecule is CC(C)COC(=O)C(=O)c1ccccc1C(=O)OCC(C)C. The number of Topliss-reactive ketones (excluding diaryl/α,β-unsaturated/α-hetero) is 1. The Hall–Kier alpha value is -2.17. The first-order valence-electron chi connectivity index (χ1n) is 7.30. The molecule has 0 aliphatic carbocycles. The van der Waals surface area contributed by atoms with Crippen LogP contribution in [-0.2, 0) is 14.3 Å². The van der Waals surface area contributed by atoms with Gasteiger partial charge in [-0.15, -0.1) is 0 Å². The standard InChI is InChI=1S/C17H22O5/c1-11(2)9-21-16(19)14-8-6-5-7-13(14)15(18)17(20)22-10-12(3)4/h5-8,11-12H,9-10H2,1-4H3. The zero-order chi connectivity index (χ0) is 16.7. The Kier molecular flexibility index (Phi) is 6.76. The highest BCUT2D eigenvalue weighted by Crippen LogP contribution is 2.13. The summed E-state index contributed by atoms with van der Waals surface area (Å²) in [6.45, 7) is 7.97. The van der Waals surface area contributed by atoms with Gasteiger partial charge >= 0.3 is 11.9 Å². The third kappa shape index (κ3) is 5.31. The molecule has 0 aliphatic heterocycles. The lowest BCUT2D eigenvalue weighted by Gasteiger charge is -2.11. The first kappa shape index (κ1) is 17.9. The van der Waals surface area contributed by atoms with Crippen LogP contribution in [0.3, 0.4) is 0 Å². The van der Waals surface area contributed by atoms with E-state index in [-0.39, 0.29) is 36.2 Å². The molecule has 0 aromatic heterocycles. The fraction of sp³-hybridized carbons (Fsp3) is 0.471. The van der Waals surface area contributed by atoms with E-state index >= 15 is 0 Å². The molecular formula is C17H22O5. The number of hydrogen-bond acceptors (Lipinski definition) is 5. The summed E-state index contributed by atoms with van der Waals surface area (Å²) >= 11 is 0. The van der Waals surface area contributed by atoms with Crippen molar-refractivity contribution in [2.24, 2.45) is 11.8 Å². The smallest absolute Gasteiger partial charge is 0.379 e. The van der Waals surface area contributed by atoms with Gasteiger partial charge in [-0.3, -0.25) is 4.79 Å². The Morgan fingerprint density at radius 2 is 1.36 bits per heavy atom. The number of rotatable bonds is 7. The van der Waals surface area contributed by atoms with Crippen LogP contribution >= 0.6 is 0 Å². The molecule has 0 saturated carbocycles. The molecule has 0 amide bonds. The summed E-state index contributed by atoms with van der Waals surface area (Å²) in [5, 5.41) is 0. The maximum absolute atomic E-state index is 12.1. The molecule has 1 aromatic carbocycles. The molecule has 0 radical (unpaired) electrons. The molecular weight excluding hydrogens is 284 g/mol. The van der Waals surface area contributed by atoms with E-state index in [1.54, 1.807) is 12.1 Å². The van der Waals surface area contributed by atoms with Gasteiger partial charge in [0.1, 0.15) is 0 Å². The van der Waals surface area contributed by atoms with E-state index in [1.807, 2.05) is 27.7 Å². The van der Waals surface area contributed by atoms with Crippen LogP contribution in [0.5, 0.6) is 0 Å². The van der Waals surface area contributed by atoms with E-state index in [1.165, 1.54) is 12.1 Å². The van der Waals surface area contributed by atoms with Gasteiger partial charge in [0, 0.05) is 5.56 Å². The quantitative estimate of drug-likeness (QED) is 0.440. The molecule has 5 heteroatoms. The van der Waals surface area contributed by atoms with E-state index in [2.05, 4.69) is 0 Å². The van der Waals surface area contributed by atoms with E-state index in [0.717, 1.165) is 0 Å². The zero-order valence-corrected chi connectivity index (χ0v) is 13.4. The number of hydrogen-bond donors (Lipinski definition) is 0. The lowest BCUT2D eigenvalue weighted by molar-refractivity contribution is -0.139. The molecule has 0 N–H and O–H groups in total. The summed E-state index contributed by atoms with van der Waals surface area (Å²) in [5.41, 5.74) is 0.0830. The third-order valence-corrected chi connectivity index (χ3v) is 2.67. The highest BCUT2D eigenvalue weighted by Gasteiger charge is 2.24. The van der Waals surface area contributed by atoms with Crippen LogP contribution < -0.4 is 0 Å². The fourth-order valence-electron chi connectivity index (χ4n) is 1.60. The molecule has 0 unspecified atom stereocenters. The van der Waals surface area contributed by atoms with Gasteiger partial charge in [0.25, 0.3) is 5.78 Å². The Labute approximate surface area is 130 Å². The van der Waals surface area contributed by atoms with Crippen molar-refractivity contribution in [2.75, 3.05) is 13.2 Å². The van der Waals surface area contributed by atoms with E-state index in [4.69, 9.17) is 9.47 Å². The fourth-order valence-corrected chi connectivity index (χ4v) is 1.60. The van der Waals surface area contributed by atoms with Gasteiger partial charge in [-0.25, -0.2) is 9.59 Å². The summed E-state index contributed by atoms with van der Waals surface area (Å²) in [5.74, 6) is -2.10. The second-order valence-electron chi connectivity index (χ2n) is 5.86. The molecule has 5 nitrogen and oxygen atoms in total. The topological polar surface area (TPSA) is 69.7 Å². The van der Waals surface area contributed by atoms with Crippen molar-refractivity contribution in [1.82, 2.24) is 0 Å². The summed E-state index contributed by atoms with van der Waals surface area (Å²) < 4.78 is 10.0. The van der Waals surface area contributed by atoms with Gasteiger partial charge in [0.15, 0.2) is 0 Å². The Balaban J connectivity index is 2.88. The number of ketones is 1. The molecule has 22 heavy (non-hydrogen) atoms. The highest BCUT2D eigenvalue weighted by atomic mass is 16.5. The molecule has 0 fully saturated rings. The van der Waals surface area contributed by atoms with Crippen LogP contribution in [0.15, 0.2) is 24.3 Å². The maximum atomic E-state index is 12.1. The van der Waals surface area contributed by atoms with Crippen LogP contribution in [0.1, 0.15) is 48.4 Å². The van der Waals surface area contributed by atoms with Crippen LogP contribution in [0.2, 0.25) is 0 Å². The average Bonchev–Trinajstić information content (AvgIpc) is 2.49. The largest absolute Gasteiger partial charge is 0.462 e. The first-order valence-corrected chi connectivity index (χ1v) is 7.30. The van der Waals surface area contributed by atoms with Crippen LogP contribution in [0.25, 0.3) is 0 Å². The van der Waals surface area contributed by atoms with Crippen molar-refractivity contribution in [3.63, 3.8) is 0 Å². The predicted molar refractivity (Wildman–Crippen MR) is 81.7 cm³/mol. The van der Waals surface area contributed by atoms with Gasteiger partial charge in [0.2, 0.25) is 0 Å². The van der Waals surface area contributed by atoms with Crippen molar-refractivity contribution in [3.8, 4) is 0 Å². The summed E-state index contributed by atoms with van der Waals surface area (Å²) in [6.07, 6.45) is 0. The Morgan fingerprint density at radius 3 is 1.91 bits per heavy atom. The summed E-state index contributed by atoms with van der Waals surface area (Å²) in [6, 6.07) is 6.08. The molecule has 0 atom stereocenters. The summed E-state index contributed by atoms with van der Waals surface area (Å²) in [4.78, 5) is 35.9. The zero-order valence-electron chi connectivity index (χ0n) is 13.4. The number of carbonyl (C=O) groups is 3. The monoisotopic (exact) mass is 306 g/mol. The van der Waals surface area contributed by atoms with Crippen molar-refractivity contribution in [3.05, 3.63) is 35.4 Å². The van der Waals surface area contributed by atoms with Crippen LogP contribution in [0, 0.1) is 11.8 Å². The minimum absolute atomic E-state index is 0.00464. The van der Waals surface area contributed by atoms with Gasteiger partial charge in [-0.05, 0) is 24.0 Å². The minimum Gasteiger partial charge on any atom is -0.462 e. The molecule has 1 aromatic rings. The molecule has 0 spiro atoms. The molecule has 120 valence electrons. The predicted octanol–water partition coefficient (Wildman–Crippen LogP) is 2.88. The van der Waals surface area contributed by atoms with Gasteiger partial charge in [-0.1, -0.05) is 39.8 Å². The van der Waals surface area contributed by atoms with Crippen molar-refractivity contribution in [1.29, 1.82) is 0 Å². The lowest BCUT2D eigenvalue weighted by Crippen LogP contribution is -2.23. The minimum atomic E-state index is -0.960. The molecule has 1 rings (SSSR count). The Bertz CT molecular complexity index is 546. The van der Waals surface area contributed by atoms with E-state index in [0.29, 0.717) is 0 Å². The molecule has 0 heterocycles. The second-order valence-corrected chi connectivity index (χ2v) is 5.86.